The van der Waals surface area contributed by atoms with Gasteiger partial charge in [-0.25, -0.2) is 0 Å². The van der Waals surface area contributed by atoms with Crippen LogP contribution < -0.4 is 5.32 Å². The molecule has 1 rings (SSSR count). The van der Waals surface area contributed by atoms with Gasteiger partial charge in [-0.05, 0) is 50.9 Å². The lowest BCUT2D eigenvalue weighted by atomic mass is 10.1. The molecule has 19 heavy (non-hydrogen) atoms. The third-order valence-corrected chi connectivity index (χ3v) is 4.18. The average molecular weight is 268 g/mol. The molecule has 2 heteroatoms. The van der Waals surface area contributed by atoms with E-state index in [4.69, 9.17) is 0 Å². The first-order valence-corrected chi connectivity index (χ1v) is 8.65. The van der Waals surface area contributed by atoms with E-state index in [1.807, 2.05) is 0 Å². The molecule has 0 aliphatic carbocycles. The SMILES string of the molecule is CCCCCCCCN1CCC(CNCC(C)C)C1. The smallest absolute Gasteiger partial charge is 0.00223 e. The predicted octanol–water partition coefficient (Wildman–Crippen LogP) is 3.91. The zero-order valence-corrected chi connectivity index (χ0v) is 13.6. The van der Waals surface area contributed by atoms with E-state index in [1.165, 1.54) is 77.7 Å². The Balaban J connectivity index is 1.93. The summed E-state index contributed by atoms with van der Waals surface area (Å²) in [5, 5.41) is 3.61. The second-order valence-corrected chi connectivity index (χ2v) is 6.78. The number of likely N-dealkylation sites (tertiary alicyclic amines) is 1. The van der Waals surface area contributed by atoms with E-state index in [1.54, 1.807) is 0 Å². The standard InChI is InChI=1S/C17H36N2/c1-4-5-6-7-8-9-11-19-12-10-17(15-19)14-18-13-16(2)3/h16-18H,4-15H2,1-3H3. The summed E-state index contributed by atoms with van der Waals surface area (Å²) >= 11 is 0. The maximum atomic E-state index is 3.61. The molecule has 1 saturated heterocycles. The minimum atomic E-state index is 0.778. The van der Waals surface area contributed by atoms with E-state index < -0.39 is 0 Å². The van der Waals surface area contributed by atoms with Gasteiger partial charge in [0, 0.05) is 6.54 Å². The lowest BCUT2D eigenvalue weighted by Gasteiger charge is -2.16. The molecule has 114 valence electrons. The zero-order chi connectivity index (χ0) is 13.9. The Morgan fingerprint density at radius 3 is 2.58 bits per heavy atom. The molecule has 1 aliphatic heterocycles. The van der Waals surface area contributed by atoms with Gasteiger partial charge < -0.3 is 10.2 Å². The second-order valence-electron chi connectivity index (χ2n) is 6.78. The third kappa shape index (κ3) is 8.65. The van der Waals surface area contributed by atoms with Gasteiger partial charge in [0.25, 0.3) is 0 Å². The number of rotatable bonds is 11. The molecular formula is C17H36N2. The fourth-order valence-corrected chi connectivity index (χ4v) is 2.97. The van der Waals surface area contributed by atoms with Gasteiger partial charge in [0.15, 0.2) is 0 Å². The van der Waals surface area contributed by atoms with Gasteiger partial charge in [0.05, 0.1) is 0 Å². The van der Waals surface area contributed by atoms with Crippen LogP contribution in [0.4, 0.5) is 0 Å². The van der Waals surface area contributed by atoms with Gasteiger partial charge in [0.1, 0.15) is 0 Å². The Morgan fingerprint density at radius 1 is 1.11 bits per heavy atom. The van der Waals surface area contributed by atoms with Gasteiger partial charge in [-0.15, -0.1) is 0 Å². The molecule has 1 fully saturated rings. The zero-order valence-electron chi connectivity index (χ0n) is 13.6. The molecule has 1 N–H and O–H groups in total. The van der Waals surface area contributed by atoms with E-state index in [0.717, 1.165) is 11.8 Å². The first-order chi connectivity index (χ1) is 9.22. The minimum Gasteiger partial charge on any atom is -0.316 e. The second kappa shape index (κ2) is 10.7. The van der Waals surface area contributed by atoms with Crippen molar-refractivity contribution in [3.8, 4) is 0 Å². The van der Waals surface area contributed by atoms with Crippen molar-refractivity contribution in [1.82, 2.24) is 10.2 Å². The van der Waals surface area contributed by atoms with Crippen molar-refractivity contribution in [2.24, 2.45) is 11.8 Å². The quantitative estimate of drug-likeness (QED) is 0.571. The molecule has 1 atom stereocenters. The summed E-state index contributed by atoms with van der Waals surface area (Å²) in [6.07, 6.45) is 9.92. The molecule has 1 unspecified atom stereocenters. The molecule has 0 amide bonds. The summed E-state index contributed by atoms with van der Waals surface area (Å²) in [6.45, 7) is 13.3. The number of hydrogen-bond donors (Lipinski definition) is 1. The van der Waals surface area contributed by atoms with E-state index >= 15 is 0 Å². The highest BCUT2D eigenvalue weighted by molar-refractivity contribution is 4.77. The largest absolute Gasteiger partial charge is 0.316 e. The van der Waals surface area contributed by atoms with Gasteiger partial charge >= 0.3 is 0 Å². The lowest BCUT2D eigenvalue weighted by molar-refractivity contribution is 0.311. The summed E-state index contributed by atoms with van der Waals surface area (Å²) in [4.78, 5) is 2.68. The number of hydrogen-bond acceptors (Lipinski definition) is 2. The molecule has 0 aromatic carbocycles. The molecule has 0 saturated carbocycles. The first kappa shape index (κ1) is 17.0. The number of nitrogens with one attached hydrogen (secondary N) is 1. The Bertz CT molecular complexity index is 203. The molecule has 0 bridgehead atoms. The fourth-order valence-electron chi connectivity index (χ4n) is 2.97. The minimum absolute atomic E-state index is 0.778. The third-order valence-electron chi connectivity index (χ3n) is 4.18. The fraction of sp³-hybridized carbons (Fsp3) is 1.00. The van der Waals surface area contributed by atoms with Crippen molar-refractivity contribution >= 4 is 0 Å². The molecule has 2 nitrogen and oxygen atoms in total. The molecular weight excluding hydrogens is 232 g/mol. The lowest BCUT2D eigenvalue weighted by Crippen LogP contribution is -2.29. The van der Waals surface area contributed by atoms with Gasteiger partial charge in [-0.2, -0.15) is 0 Å². The maximum Gasteiger partial charge on any atom is 0.00223 e. The number of unbranched alkanes of at least 4 members (excludes halogenated alkanes) is 5. The summed E-state index contributed by atoms with van der Waals surface area (Å²) < 4.78 is 0. The van der Waals surface area contributed by atoms with Crippen molar-refractivity contribution in [3.63, 3.8) is 0 Å². The van der Waals surface area contributed by atoms with Crippen LogP contribution in [0.25, 0.3) is 0 Å². The Kier molecular flexibility index (Phi) is 9.54. The highest BCUT2D eigenvalue weighted by Crippen LogP contribution is 2.16. The van der Waals surface area contributed by atoms with Crippen LogP contribution in [0, 0.1) is 11.8 Å². The molecule has 0 radical (unpaired) electrons. The van der Waals surface area contributed by atoms with Crippen molar-refractivity contribution in [3.05, 3.63) is 0 Å². The van der Waals surface area contributed by atoms with Gasteiger partial charge in [-0.1, -0.05) is 52.9 Å². The van der Waals surface area contributed by atoms with Crippen LogP contribution in [0.5, 0.6) is 0 Å². The molecule has 0 aromatic heterocycles. The van der Waals surface area contributed by atoms with Crippen LogP contribution in [-0.4, -0.2) is 37.6 Å². The summed E-state index contributed by atoms with van der Waals surface area (Å²) in [6, 6.07) is 0. The summed E-state index contributed by atoms with van der Waals surface area (Å²) in [5.74, 6) is 1.68. The van der Waals surface area contributed by atoms with Crippen molar-refractivity contribution in [1.29, 1.82) is 0 Å². The average Bonchev–Trinajstić information content (AvgIpc) is 2.81. The Morgan fingerprint density at radius 2 is 1.84 bits per heavy atom. The van der Waals surface area contributed by atoms with Crippen molar-refractivity contribution < 1.29 is 0 Å². The normalized spacial score (nSPS) is 20.5. The molecule has 1 aliphatic rings. The Hall–Kier alpha value is -0.0800. The monoisotopic (exact) mass is 268 g/mol. The van der Waals surface area contributed by atoms with Crippen LogP contribution in [0.2, 0.25) is 0 Å². The molecule has 0 aromatic rings. The summed E-state index contributed by atoms with van der Waals surface area (Å²) in [7, 11) is 0. The first-order valence-electron chi connectivity index (χ1n) is 8.65. The Labute approximate surface area is 121 Å². The van der Waals surface area contributed by atoms with Gasteiger partial charge in [0.2, 0.25) is 0 Å². The maximum absolute atomic E-state index is 3.61. The van der Waals surface area contributed by atoms with Gasteiger partial charge in [-0.3, -0.25) is 0 Å². The van der Waals surface area contributed by atoms with Crippen molar-refractivity contribution in [2.45, 2.75) is 65.7 Å². The van der Waals surface area contributed by atoms with E-state index in [0.29, 0.717) is 0 Å². The van der Waals surface area contributed by atoms with Crippen LogP contribution in [0.1, 0.15) is 65.7 Å². The van der Waals surface area contributed by atoms with Crippen molar-refractivity contribution in [2.75, 3.05) is 32.7 Å². The molecule has 0 spiro atoms. The highest BCUT2D eigenvalue weighted by atomic mass is 15.1. The number of nitrogens with zero attached hydrogens (tertiary/aromatic N) is 1. The summed E-state index contributed by atoms with van der Waals surface area (Å²) in [5.41, 5.74) is 0. The van der Waals surface area contributed by atoms with E-state index in [2.05, 4.69) is 31.0 Å². The highest BCUT2D eigenvalue weighted by Gasteiger charge is 2.21. The predicted molar refractivity (Wildman–Crippen MR) is 85.6 cm³/mol. The van der Waals surface area contributed by atoms with E-state index in [9.17, 15) is 0 Å². The topological polar surface area (TPSA) is 15.3 Å². The van der Waals surface area contributed by atoms with Crippen LogP contribution in [0.3, 0.4) is 0 Å². The van der Waals surface area contributed by atoms with Crippen LogP contribution in [0.15, 0.2) is 0 Å². The van der Waals surface area contributed by atoms with Crippen LogP contribution >= 0.6 is 0 Å². The molecule has 1 heterocycles. The van der Waals surface area contributed by atoms with E-state index in [-0.39, 0.29) is 0 Å². The van der Waals surface area contributed by atoms with Crippen LogP contribution in [-0.2, 0) is 0 Å².